The summed E-state index contributed by atoms with van der Waals surface area (Å²) in [6, 6.07) is 0. The molecule has 17 heavy (non-hydrogen) atoms. The Balaban J connectivity index is 0.00000256. The third-order valence-corrected chi connectivity index (χ3v) is 3.04. The number of likely N-dealkylation sites (tertiary alicyclic amines) is 1. The average molecular weight is 354 g/mol. The Hall–Kier alpha value is -0.0400. The first kappa shape index (κ1) is 17.0. The highest BCUT2D eigenvalue weighted by molar-refractivity contribution is 14.0. The van der Waals surface area contributed by atoms with Crippen LogP contribution < -0.4 is 11.1 Å². The van der Waals surface area contributed by atoms with Crippen molar-refractivity contribution >= 4 is 29.9 Å². The van der Waals surface area contributed by atoms with Crippen molar-refractivity contribution in [3.63, 3.8) is 0 Å². The van der Waals surface area contributed by atoms with Crippen molar-refractivity contribution in [3.05, 3.63) is 0 Å². The second-order valence-electron chi connectivity index (χ2n) is 5.25. The van der Waals surface area contributed by atoms with Gasteiger partial charge in [-0.05, 0) is 44.8 Å². The van der Waals surface area contributed by atoms with E-state index < -0.39 is 0 Å². The molecule has 1 saturated heterocycles. The zero-order valence-corrected chi connectivity index (χ0v) is 13.6. The van der Waals surface area contributed by atoms with Crippen molar-refractivity contribution in [2.24, 2.45) is 22.6 Å². The van der Waals surface area contributed by atoms with E-state index in [0.29, 0.717) is 11.9 Å². The minimum absolute atomic E-state index is 0. The lowest BCUT2D eigenvalue weighted by atomic mass is 9.97. The molecule has 1 fully saturated rings. The Morgan fingerprint density at radius 2 is 2.00 bits per heavy atom. The molecule has 0 amide bonds. The number of aliphatic imine (C=N–C) groups is 1. The van der Waals surface area contributed by atoms with Gasteiger partial charge < -0.3 is 16.0 Å². The van der Waals surface area contributed by atoms with E-state index in [4.69, 9.17) is 5.73 Å². The predicted octanol–water partition coefficient (Wildman–Crippen LogP) is 1.51. The van der Waals surface area contributed by atoms with Crippen LogP contribution in [0.5, 0.6) is 0 Å². The number of nitrogens with one attached hydrogen (secondary N) is 1. The highest BCUT2D eigenvalue weighted by atomic mass is 127. The zero-order chi connectivity index (χ0) is 12.0. The van der Waals surface area contributed by atoms with Crippen molar-refractivity contribution in [1.82, 2.24) is 10.2 Å². The summed E-state index contributed by atoms with van der Waals surface area (Å²) >= 11 is 0. The number of nitrogens with zero attached hydrogens (tertiary/aromatic N) is 2. The minimum atomic E-state index is 0. The van der Waals surface area contributed by atoms with Gasteiger partial charge in [-0.2, -0.15) is 0 Å². The first-order chi connectivity index (χ1) is 7.58. The smallest absolute Gasteiger partial charge is 0.188 e. The van der Waals surface area contributed by atoms with Crippen molar-refractivity contribution < 1.29 is 0 Å². The number of piperidine rings is 1. The van der Waals surface area contributed by atoms with Crippen LogP contribution >= 0.6 is 24.0 Å². The molecule has 102 valence electrons. The molecule has 0 bridgehead atoms. The van der Waals surface area contributed by atoms with Crippen LogP contribution in [0.4, 0.5) is 0 Å². The summed E-state index contributed by atoms with van der Waals surface area (Å²) < 4.78 is 0. The first-order valence-electron chi connectivity index (χ1n) is 6.30. The molecule has 0 aromatic carbocycles. The molecule has 1 aliphatic heterocycles. The van der Waals surface area contributed by atoms with Gasteiger partial charge in [0.05, 0.1) is 0 Å². The van der Waals surface area contributed by atoms with Crippen LogP contribution in [-0.2, 0) is 0 Å². The number of rotatable bonds is 4. The number of halogens is 1. The SMILES string of the molecule is CC(C)CN=C(N)NCC1CCN(C)CC1.I. The fraction of sp³-hybridized carbons (Fsp3) is 0.917. The number of hydrogen-bond donors (Lipinski definition) is 2. The molecule has 0 saturated carbocycles. The largest absolute Gasteiger partial charge is 0.370 e. The van der Waals surface area contributed by atoms with Crippen LogP contribution in [0.3, 0.4) is 0 Å². The van der Waals surface area contributed by atoms with Gasteiger partial charge in [0.25, 0.3) is 0 Å². The second kappa shape index (κ2) is 8.97. The molecule has 4 nitrogen and oxygen atoms in total. The van der Waals surface area contributed by atoms with Gasteiger partial charge in [0.1, 0.15) is 0 Å². The fourth-order valence-corrected chi connectivity index (χ4v) is 1.85. The molecule has 0 aromatic heterocycles. The highest BCUT2D eigenvalue weighted by Gasteiger charge is 2.16. The van der Waals surface area contributed by atoms with Crippen LogP contribution in [0, 0.1) is 11.8 Å². The molecule has 1 rings (SSSR count). The second-order valence-corrected chi connectivity index (χ2v) is 5.25. The lowest BCUT2D eigenvalue weighted by molar-refractivity contribution is 0.220. The molecule has 0 atom stereocenters. The van der Waals surface area contributed by atoms with Gasteiger partial charge in [-0.25, -0.2) is 0 Å². The summed E-state index contributed by atoms with van der Waals surface area (Å²) in [6.07, 6.45) is 2.53. The van der Waals surface area contributed by atoms with Gasteiger partial charge in [-0.3, -0.25) is 4.99 Å². The molecule has 5 heteroatoms. The van der Waals surface area contributed by atoms with Gasteiger partial charge in [-0.15, -0.1) is 24.0 Å². The Bertz CT molecular complexity index is 223. The Kier molecular flexibility index (Phi) is 8.94. The van der Waals surface area contributed by atoms with E-state index in [0.717, 1.165) is 19.0 Å². The fourth-order valence-electron chi connectivity index (χ4n) is 1.85. The van der Waals surface area contributed by atoms with Crippen molar-refractivity contribution in [2.45, 2.75) is 26.7 Å². The van der Waals surface area contributed by atoms with Gasteiger partial charge in [0.15, 0.2) is 5.96 Å². The number of hydrogen-bond acceptors (Lipinski definition) is 2. The van der Waals surface area contributed by atoms with Crippen LogP contribution in [0.25, 0.3) is 0 Å². The van der Waals surface area contributed by atoms with Crippen molar-refractivity contribution in [2.75, 3.05) is 33.2 Å². The standard InChI is InChI=1S/C12H26N4.HI/c1-10(2)8-14-12(13)15-9-11-4-6-16(3)7-5-11;/h10-11H,4-9H2,1-3H3,(H3,13,14,15);1H. The van der Waals surface area contributed by atoms with E-state index in [-0.39, 0.29) is 24.0 Å². The summed E-state index contributed by atoms with van der Waals surface area (Å²) in [5.74, 6) is 1.93. The molecule has 0 spiro atoms. The minimum Gasteiger partial charge on any atom is -0.370 e. The normalized spacial score (nSPS) is 19.2. The highest BCUT2D eigenvalue weighted by Crippen LogP contribution is 2.14. The molecular formula is C12H27IN4. The van der Waals surface area contributed by atoms with Crippen molar-refractivity contribution in [1.29, 1.82) is 0 Å². The Labute approximate surface area is 122 Å². The Morgan fingerprint density at radius 1 is 1.41 bits per heavy atom. The van der Waals surface area contributed by atoms with Gasteiger partial charge in [0.2, 0.25) is 0 Å². The molecule has 3 N–H and O–H groups in total. The summed E-state index contributed by atoms with van der Waals surface area (Å²) in [6.45, 7) is 8.49. The van der Waals surface area contributed by atoms with Crippen LogP contribution in [0.2, 0.25) is 0 Å². The summed E-state index contributed by atoms with van der Waals surface area (Å²) in [5.41, 5.74) is 5.79. The van der Waals surface area contributed by atoms with E-state index >= 15 is 0 Å². The Morgan fingerprint density at radius 3 is 2.53 bits per heavy atom. The molecule has 0 radical (unpaired) electrons. The van der Waals surface area contributed by atoms with Gasteiger partial charge in [0, 0.05) is 13.1 Å². The quantitative estimate of drug-likeness (QED) is 0.457. The number of nitrogens with two attached hydrogens (primary N) is 1. The van der Waals surface area contributed by atoms with Crippen molar-refractivity contribution in [3.8, 4) is 0 Å². The van der Waals surface area contributed by atoms with Crippen LogP contribution in [0.15, 0.2) is 4.99 Å². The summed E-state index contributed by atoms with van der Waals surface area (Å²) in [5, 5.41) is 3.23. The predicted molar refractivity (Wildman–Crippen MR) is 85.0 cm³/mol. The number of guanidine groups is 1. The zero-order valence-electron chi connectivity index (χ0n) is 11.3. The van der Waals surface area contributed by atoms with Gasteiger partial charge >= 0.3 is 0 Å². The molecule has 0 aliphatic carbocycles. The maximum atomic E-state index is 5.79. The van der Waals surface area contributed by atoms with E-state index in [1.807, 2.05) is 0 Å². The average Bonchev–Trinajstić information content (AvgIpc) is 2.25. The third kappa shape index (κ3) is 7.81. The van der Waals surface area contributed by atoms with Gasteiger partial charge in [-0.1, -0.05) is 13.8 Å². The summed E-state index contributed by atoms with van der Waals surface area (Å²) in [4.78, 5) is 6.68. The molecule has 1 heterocycles. The molecule has 1 aliphatic rings. The maximum Gasteiger partial charge on any atom is 0.188 e. The monoisotopic (exact) mass is 354 g/mol. The van der Waals surface area contributed by atoms with E-state index in [9.17, 15) is 0 Å². The maximum absolute atomic E-state index is 5.79. The molecule has 0 aromatic rings. The lowest BCUT2D eigenvalue weighted by Crippen LogP contribution is -2.39. The van der Waals surface area contributed by atoms with Crippen LogP contribution in [0.1, 0.15) is 26.7 Å². The molecule has 0 unspecified atom stereocenters. The first-order valence-corrected chi connectivity index (χ1v) is 6.30. The summed E-state index contributed by atoms with van der Waals surface area (Å²) in [7, 11) is 2.18. The van der Waals surface area contributed by atoms with E-state index in [1.54, 1.807) is 0 Å². The van der Waals surface area contributed by atoms with Crippen LogP contribution in [-0.4, -0.2) is 44.1 Å². The third-order valence-electron chi connectivity index (χ3n) is 3.04. The van der Waals surface area contributed by atoms with E-state index in [1.165, 1.54) is 25.9 Å². The topological polar surface area (TPSA) is 53.6 Å². The molecular weight excluding hydrogens is 327 g/mol. The lowest BCUT2D eigenvalue weighted by Gasteiger charge is -2.29. The van der Waals surface area contributed by atoms with E-state index in [2.05, 4.69) is 36.1 Å².